The molecule has 0 fully saturated rings. The number of carboxylic acids is 1. The smallest absolute Gasteiger partial charge is 0.319 e. The minimum Gasteiger partial charge on any atom is -0.481 e. The summed E-state index contributed by atoms with van der Waals surface area (Å²) in [5.74, 6) is -1.36. The molecule has 2 rings (SSSR count). The molecule has 0 unspecified atom stereocenters. The Bertz CT molecular complexity index is 761. The van der Waals surface area contributed by atoms with E-state index in [-0.39, 0.29) is 18.1 Å². The lowest BCUT2D eigenvalue weighted by Crippen LogP contribution is -2.28. The predicted octanol–water partition coefficient (Wildman–Crippen LogP) is 2.52. The van der Waals surface area contributed by atoms with E-state index in [1.54, 1.807) is 36.4 Å². The topological polar surface area (TPSA) is 128 Å². The van der Waals surface area contributed by atoms with Crippen molar-refractivity contribution in [3.63, 3.8) is 0 Å². The molecule has 7 nitrogen and oxygen atoms in total. The van der Waals surface area contributed by atoms with E-state index >= 15 is 0 Å². The van der Waals surface area contributed by atoms with Crippen molar-refractivity contribution in [1.82, 2.24) is 5.32 Å². The second-order valence-electron chi connectivity index (χ2n) is 4.92. The maximum absolute atomic E-state index is 13.4. The third kappa shape index (κ3) is 7.60. The predicted molar refractivity (Wildman–Crippen MR) is 93.0 cm³/mol. The van der Waals surface area contributed by atoms with Gasteiger partial charge in [0, 0.05) is 19.0 Å². The van der Waals surface area contributed by atoms with Crippen molar-refractivity contribution in [2.75, 3.05) is 5.32 Å². The molecular weight excluding hydrogens is 327 g/mol. The summed E-state index contributed by atoms with van der Waals surface area (Å²) in [5, 5.41) is 19.8. The number of benzene rings is 2. The van der Waals surface area contributed by atoms with Crippen LogP contribution in [0.2, 0.25) is 0 Å². The molecule has 0 radical (unpaired) electrons. The summed E-state index contributed by atoms with van der Waals surface area (Å²) in [4.78, 5) is 20.7. The van der Waals surface area contributed by atoms with Crippen molar-refractivity contribution in [2.24, 2.45) is 5.73 Å². The summed E-state index contributed by atoms with van der Waals surface area (Å²) in [6.45, 7) is 1.33. The Balaban J connectivity index is 0.000000705. The summed E-state index contributed by atoms with van der Waals surface area (Å²) in [6, 6.07) is 12.4. The summed E-state index contributed by atoms with van der Waals surface area (Å²) in [6.07, 6.45) is 0. The number of carbonyl (C=O) groups is 2. The molecule has 0 aliphatic rings. The molecule has 132 valence electrons. The first-order chi connectivity index (χ1) is 11.8. The number of carboxylic acid groups (broad SMARTS) is 1. The number of nitrogens with two attached hydrogens (primary N) is 1. The molecule has 6 N–H and O–H groups in total. The average Bonchev–Trinajstić information content (AvgIpc) is 2.55. The van der Waals surface area contributed by atoms with Crippen LogP contribution in [0.1, 0.15) is 18.1 Å². The van der Waals surface area contributed by atoms with Gasteiger partial charge in [-0.1, -0.05) is 30.3 Å². The van der Waals surface area contributed by atoms with E-state index in [1.165, 1.54) is 12.1 Å². The fraction of sp³-hybridized carbons (Fsp3) is 0.118. The summed E-state index contributed by atoms with van der Waals surface area (Å²) >= 11 is 0. The van der Waals surface area contributed by atoms with Crippen LogP contribution in [0, 0.1) is 11.2 Å². The van der Waals surface area contributed by atoms with Gasteiger partial charge in [-0.15, -0.1) is 0 Å². The van der Waals surface area contributed by atoms with Crippen molar-refractivity contribution < 1.29 is 19.1 Å². The van der Waals surface area contributed by atoms with Crippen LogP contribution < -0.4 is 16.4 Å². The highest BCUT2D eigenvalue weighted by atomic mass is 19.1. The molecule has 0 aliphatic heterocycles. The molecule has 0 saturated heterocycles. The second kappa shape index (κ2) is 9.66. The number of halogens is 1. The Morgan fingerprint density at radius 1 is 1.20 bits per heavy atom. The number of amides is 2. The van der Waals surface area contributed by atoms with Gasteiger partial charge in [-0.05, 0) is 23.8 Å². The lowest BCUT2D eigenvalue weighted by Gasteiger charge is -2.09. The fourth-order valence-electron chi connectivity index (χ4n) is 1.76. The van der Waals surface area contributed by atoms with Crippen LogP contribution in [-0.2, 0) is 11.3 Å². The zero-order valence-electron chi connectivity index (χ0n) is 13.5. The highest BCUT2D eigenvalue weighted by molar-refractivity contribution is 5.95. The first-order valence-electron chi connectivity index (χ1n) is 7.22. The zero-order valence-corrected chi connectivity index (χ0v) is 13.5. The van der Waals surface area contributed by atoms with Crippen LogP contribution in [0.4, 0.5) is 14.9 Å². The molecule has 2 aromatic carbocycles. The van der Waals surface area contributed by atoms with Gasteiger partial charge in [-0.3, -0.25) is 10.2 Å². The lowest BCUT2D eigenvalue weighted by molar-refractivity contribution is -0.134. The van der Waals surface area contributed by atoms with Gasteiger partial charge < -0.3 is 21.5 Å². The molecule has 2 amide bonds. The number of carbonyl (C=O) groups excluding carboxylic acids is 1. The molecule has 25 heavy (non-hydrogen) atoms. The molecule has 0 atom stereocenters. The molecule has 0 aromatic heterocycles. The SMILES string of the molecule is CC(=O)O.N=C(N)c1cccc(CNC(=O)Nc2ccccc2F)c1. The van der Waals surface area contributed by atoms with Gasteiger partial charge in [0.25, 0.3) is 5.97 Å². The molecule has 0 bridgehead atoms. The second-order valence-corrected chi connectivity index (χ2v) is 4.92. The van der Waals surface area contributed by atoms with E-state index in [9.17, 15) is 9.18 Å². The number of hydrogen-bond acceptors (Lipinski definition) is 3. The normalized spacial score (nSPS) is 9.36. The molecule has 8 heteroatoms. The van der Waals surface area contributed by atoms with Crippen molar-refractivity contribution in [3.05, 3.63) is 65.5 Å². The third-order valence-corrected chi connectivity index (χ3v) is 2.81. The number of nitrogen functional groups attached to an aromatic ring is 1. The van der Waals surface area contributed by atoms with E-state index in [0.29, 0.717) is 5.56 Å². The Kier molecular flexibility index (Phi) is 7.58. The number of rotatable bonds is 4. The van der Waals surface area contributed by atoms with Gasteiger partial charge in [-0.25, -0.2) is 9.18 Å². The van der Waals surface area contributed by atoms with E-state index in [2.05, 4.69) is 10.6 Å². The lowest BCUT2D eigenvalue weighted by atomic mass is 10.1. The highest BCUT2D eigenvalue weighted by Crippen LogP contribution is 2.12. The Hall–Kier alpha value is -3.42. The standard InChI is InChI=1S/C15H15FN4O.C2H4O2/c16-12-6-1-2-7-13(12)20-15(21)19-9-10-4-3-5-11(8-10)14(17)18;1-2(3)4/h1-8H,9H2,(H3,17,18)(H2,19,20,21);1H3,(H,3,4). The summed E-state index contributed by atoms with van der Waals surface area (Å²) in [7, 11) is 0. The monoisotopic (exact) mass is 346 g/mol. The third-order valence-electron chi connectivity index (χ3n) is 2.81. The molecule has 0 heterocycles. The van der Waals surface area contributed by atoms with Crippen LogP contribution in [0.15, 0.2) is 48.5 Å². The highest BCUT2D eigenvalue weighted by Gasteiger charge is 2.06. The van der Waals surface area contributed by atoms with Crippen LogP contribution >= 0.6 is 0 Å². The number of para-hydroxylation sites is 1. The van der Waals surface area contributed by atoms with Gasteiger partial charge in [0.15, 0.2) is 0 Å². The van der Waals surface area contributed by atoms with Crippen molar-refractivity contribution >= 4 is 23.5 Å². The summed E-state index contributed by atoms with van der Waals surface area (Å²) in [5.41, 5.74) is 6.90. The number of urea groups is 1. The van der Waals surface area contributed by atoms with E-state index in [0.717, 1.165) is 12.5 Å². The number of nitrogens with one attached hydrogen (secondary N) is 3. The zero-order chi connectivity index (χ0) is 18.8. The number of aliphatic carboxylic acids is 1. The molecule has 0 saturated carbocycles. The summed E-state index contributed by atoms with van der Waals surface area (Å²) < 4.78 is 13.4. The van der Waals surface area contributed by atoms with E-state index in [4.69, 9.17) is 21.0 Å². The van der Waals surface area contributed by atoms with Crippen LogP contribution in [0.25, 0.3) is 0 Å². The Morgan fingerprint density at radius 3 is 2.44 bits per heavy atom. The van der Waals surface area contributed by atoms with Crippen LogP contribution in [-0.4, -0.2) is 22.9 Å². The van der Waals surface area contributed by atoms with Crippen LogP contribution in [0.3, 0.4) is 0 Å². The minimum atomic E-state index is -0.833. The largest absolute Gasteiger partial charge is 0.481 e. The van der Waals surface area contributed by atoms with E-state index < -0.39 is 17.8 Å². The van der Waals surface area contributed by atoms with Gasteiger partial charge in [0.05, 0.1) is 5.69 Å². The van der Waals surface area contributed by atoms with Gasteiger partial charge in [-0.2, -0.15) is 0 Å². The first kappa shape index (κ1) is 19.6. The number of hydrogen-bond donors (Lipinski definition) is 5. The molecule has 0 spiro atoms. The van der Waals surface area contributed by atoms with Gasteiger partial charge in [0.2, 0.25) is 0 Å². The average molecular weight is 346 g/mol. The fourth-order valence-corrected chi connectivity index (χ4v) is 1.76. The van der Waals surface area contributed by atoms with Crippen molar-refractivity contribution in [2.45, 2.75) is 13.5 Å². The minimum absolute atomic E-state index is 0.0346. The first-order valence-corrected chi connectivity index (χ1v) is 7.22. The van der Waals surface area contributed by atoms with Crippen LogP contribution in [0.5, 0.6) is 0 Å². The molecule has 2 aromatic rings. The quantitative estimate of drug-likeness (QED) is 0.430. The maximum atomic E-state index is 13.4. The Morgan fingerprint density at radius 2 is 1.84 bits per heavy atom. The Labute approximate surface area is 144 Å². The van der Waals surface area contributed by atoms with Gasteiger partial charge in [0.1, 0.15) is 11.7 Å². The number of anilines is 1. The number of amidine groups is 1. The van der Waals surface area contributed by atoms with Crippen molar-refractivity contribution in [3.8, 4) is 0 Å². The molecule has 0 aliphatic carbocycles. The van der Waals surface area contributed by atoms with E-state index in [1.807, 2.05) is 0 Å². The maximum Gasteiger partial charge on any atom is 0.319 e. The van der Waals surface area contributed by atoms with Crippen molar-refractivity contribution in [1.29, 1.82) is 5.41 Å². The molecular formula is C17H19FN4O3. The van der Waals surface area contributed by atoms with Gasteiger partial charge >= 0.3 is 6.03 Å².